The first kappa shape index (κ1) is 16.3. The van der Waals surface area contributed by atoms with Crippen molar-refractivity contribution in [2.75, 3.05) is 19.8 Å². The van der Waals surface area contributed by atoms with E-state index < -0.39 is 11.4 Å². The lowest BCUT2D eigenvalue weighted by atomic mass is 9.80. The van der Waals surface area contributed by atoms with Crippen molar-refractivity contribution in [2.45, 2.75) is 12.8 Å². The van der Waals surface area contributed by atoms with E-state index in [0.29, 0.717) is 41.1 Å². The van der Waals surface area contributed by atoms with Gasteiger partial charge < -0.3 is 15.2 Å². The lowest BCUT2D eigenvalue weighted by Crippen LogP contribution is -2.46. The Morgan fingerprint density at radius 2 is 2.05 bits per heavy atom. The number of benzene rings is 1. The number of amides is 1. The van der Waals surface area contributed by atoms with Crippen LogP contribution in [-0.4, -0.2) is 36.7 Å². The zero-order chi connectivity index (χ0) is 15.5. The van der Waals surface area contributed by atoms with Crippen LogP contribution in [0.4, 0.5) is 0 Å². The molecular weight excluding hydrogens is 362 g/mol. The van der Waals surface area contributed by atoms with Crippen LogP contribution in [0.5, 0.6) is 0 Å². The van der Waals surface area contributed by atoms with Crippen molar-refractivity contribution in [1.29, 1.82) is 0 Å². The van der Waals surface area contributed by atoms with Crippen LogP contribution in [0.2, 0.25) is 5.02 Å². The fourth-order valence-corrected chi connectivity index (χ4v) is 3.11. The maximum Gasteiger partial charge on any atom is 0.311 e. The maximum absolute atomic E-state index is 12.2. The van der Waals surface area contributed by atoms with Crippen molar-refractivity contribution in [2.24, 2.45) is 5.41 Å². The lowest BCUT2D eigenvalue weighted by molar-refractivity contribution is -0.154. The molecule has 2 rings (SSSR count). The summed E-state index contributed by atoms with van der Waals surface area (Å²) in [6.45, 7) is 0.874. The number of hydrogen-bond donors (Lipinski definition) is 2. The molecule has 1 fully saturated rings. The van der Waals surface area contributed by atoms with Gasteiger partial charge in [0.05, 0.1) is 11.0 Å². The number of carboxylic acids is 1. The van der Waals surface area contributed by atoms with Crippen molar-refractivity contribution in [3.63, 3.8) is 0 Å². The Morgan fingerprint density at radius 3 is 2.62 bits per heavy atom. The number of carboxylic acid groups (broad SMARTS) is 1. The zero-order valence-electron chi connectivity index (χ0n) is 11.2. The number of rotatable bonds is 4. The van der Waals surface area contributed by atoms with Crippen LogP contribution in [0.25, 0.3) is 0 Å². The van der Waals surface area contributed by atoms with Crippen LogP contribution in [-0.2, 0) is 9.53 Å². The molecule has 1 aromatic carbocycles. The molecule has 0 saturated carbocycles. The molecular formula is C14H15BrClNO4. The molecule has 1 heterocycles. The second kappa shape index (κ2) is 6.77. The van der Waals surface area contributed by atoms with E-state index in [0.717, 1.165) is 0 Å². The highest BCUT2D eigenvalue weighted by atomic mass is 79.9. The summed E-state index contributed by atoms with van der Waals surface area (Å²) in [6, 6.07) is 4.83. The van der Waals surface area contributed by atoms with E-state index in [4.69, 9.17) is 16.3 Å². The first-order chi connectivity index (χ1) is 9.94. The summed E-state index contributed by atoms with van der Waals surface area (Å²) >= 11 is 9.11. The van der Waals surface area contributed by atoms with Gasteiger partial charge in [-0.1, -0.05) is 11.6 Å². The first-order valence-corrected chi connectivity index (χ1v) is 7.66. The Bertz CT molecular complexity index is 558. The maximum atomic E-state index is 12.2. The van der Waals surface area contributed by atoms with Gasteiger partial charge in [-0.25, -0.2) is 0 Å². The first-order valence-electron chi connectivity index (χ1n) is 6.49. The second-order valence-corrected chi connectivity index (χ2v) is 6.30. The van der Waals surface area contributed by atoms with E-state index in [1.54, 1.807) is 18.2 Å². The van der Waals surface area contributed by atoms with E-state index in [9.17, 15) is 14.7 Å². The number of hydrogen-bond acceptors (Lipinski definition) is 3. The molecule has 5 nitrogen and oxygen atoms in total. The van der Waals surface area contributed by atoms with Crippen LogP contribution in [0.15, 0.2) is 22.7 Å². The lowest BCUT2D eigenvalue weighted by Gasteiger charge is -2.33. The number of aliphatic carboxylic acids is 1. The smallest absolute Gasteiger partial charge is 0.311 e. The van der Waals surface area contributed by atoms with E-state index in [2.05, 4.69) is 21.2 Å². The number of halogens is 2. The minimum atomic E-state index is -0.952. The highest BCUT2D eigenvalue weighted by Crippen LogP contribution is 2.30. The fraction of sp³-hybridized carbons (Fsp3) is 0.429. The van der Waals surface area contributed by atoms with Gasteiger partial charge >= 0.3 is 5.97 Å². The number of nitrogens with one attached hydrogen (secondary N) is 1. The van der Waals surface area contributed by atoms with Gasteiger partial charge in [0.2, 0.25) is 0 Å². The van der Waals surface area contributed by atoms with E-state index in [-0.39, 0.29) is 12.5 Å². The van der Waals surface area contributed by atoms with Gasteiger partial charge in [0.25, 0.3) is 5.91 Å². The third kappa shape index (κ3) is 3.75. The molecule has 2 N–H and O–H groups in total. The van der Waals surface area contributed by atoms with Crippen molar-refractivity contribution in [3.05, 3.63) is 33.3 Å². The van der Waals surface area contributed by atoms with Gasteiger partial charge in [-0.3, -0.25) is 9.59 Å². The van der Waals surface area contributed by atoms with Gasteiger partial charge in [-0.05, 0) is 47.0 Å². The van der Waals surface area contributed by atoms with E-state index in [1.165, 1.54) is 0 Å². The molecule has 1 aliphatic rings. The highest BCUT2D eigenvalue weighted by Gasteiger charge is 2.40. The molecule has 1 amide bonds. The average Bonchev–Trinajstić information content (AvgIpc) is 2.45. The molecule has 1 aliphatic heterocycles. The minimum Gasteiger partial charge on any atom is -0.481 e. The third-order valence-corrected chi connectivity index (χ3v) is 4.56. The number of carbonyl (C=O) groups is 2. The van der Waals surface area contributed by atoms with E-state index in [1.807, 2.05) is 0 Å². The second-order valence-electron chi connectivity index (χ2n) is 5.00. The van der Waals surface area contributed by atoms with Gasteiger partial charge in [-0.15, -0.1) is 0 Å². The largest absolute Gasteiger partial charge is 0.481 e. The van der Waals surface area contributed by atoms with Crippen LogP contribution in [0.3, 0.4) is 0 Å². The predicted octanol–water partition coefficient (Wildman–Crippen LogP) is 2.71. The molecule has 1 aromatic rings. The Balaban J connectivity index is 2.07. The van der Waals surface area contributed by atoms with Crippen molar-refractivity contribution in [1.82, 2.24) is 5.32 Å². The SMILES string of the molecule is O=C(NCC1(C(=O)O)CCOCC1)c1ccc(Cl)cc1Br. The Kier molecular flexibility index (Phi) is 5.24. The summed E-state index contributed by atoms with van der Waals surface area (Å²) in [5, 5.41) is 12.7. The molecule has 0 bridgehead atoms. The van der Waals surface area contributed by atoms with Gasteiger partial charge in [-0.2, -0.15) is 0 Å². The summed E-state index contributed by atoms with van der Waals surface area (Å²) in [7, 11) is 0. The summed E-state index contributed by atoms with van der Waals surface area (Å²) < 4.78 is 5.77. The molecule has 0 spiro atoms. The zero-order valence-corrected chi connectivity index (χ0v) is 13.5. The van der Waals surface area contributed by atoms with Crippen LogP contribution in [0, 0.1) is 5.41 Å². The average molecular weight is 377 g/mol. The molecule has 0 aliphatic carbocycles. The molecule has 0 unspecified atom stereocenters. The number of ether oxygens (including phenoxy) is 1. The molecule has 0 aromatic heterocycles. The van der Waals surface area contributed by atoms with Gasteiger partial charge in [0.15, 0.2) is 0 Å². The standard InChI is InChI=1S/C14H15BrClNO4/c15-11-7-9(16)1-2-10(11)12(18)17-8-14(13(19)20)3-5-21-6-4-14/h1-2,7H,3-6,8H2,(H,17,18)(H,19,20). The van der Waals surface area contributed by atoms with Crippen molar-refractivity contribution >= 4 is 39.4 Å². The molecule has 114 valence electrons. The molecule has 21 heavy (non-hydrogen) atoms. The summed E-state index contributed by atoms with van der Waals surface area (Å²) in [5.74, 6) is -1.23. The molecule has 0 radical (unpaired) electrons. The van der Waals surface area contributed by atoms with Crippen LogP contribution >= 0.6 is 27.5 Å². The van der Waals surface area contributed by atoms with Gasteiger partial charge in [0.1, 0.15) is 0 Å². The number of carbonyl (C=O) groups excluding carboxylic acids is 1. The normalized spacial score (nSPS) is 17.2. The van der Waals surface area contributed by atoms with Crippen LogP contribution < -0.4 is 5.32 Å². The van der Waals surface area contributed by atoms with Crippen LogP contribution in [0.1, 0.15) is 23.2 Å². The summed E-state index contributed by atoms with van der Waals surface area (Å²) in [5.41, 5.74) is -0.528. The predicted molar refractivity (Wildman–Crippen MR) is 81.6 cm³/mol. The monoisotopic (exact) mass is 375 g/mol. The Hall–Kier alpha value is -1.11. The molecule has 0 atom stereocenters. The van der Waals surface area contributed by atoms with Crippen molar-refractivity contribution < 1.29 is 19.4 Å². The van der Waals surface area contributed by atoms with E-state index >= 15 is 0 Å². The molecule has 1 saturated heterocycles. The Labute approximate surface area is 135 Å². The quantitative estimate of drug-likeness (QED) is 0.847. The minimum absolute atomic E-state index is 0.0829. The highest BCUT2D eigenvalue weighted by molar-refractivity contribution is 9.10. The summed E-state index contributed by atoms with van der Waals surface area (Å²) in [4.78, 5) is 23.7. The topological polar surface area (TPSA) is 75.6 Å². The fourth-order valence-electron chi connectivity index (χ4n) is 2.25. The van der Waals surface area contributed by atoms with Crippen molar-refractivity contribution in [3.8, 4) is 0 Å². The Morgan fingerprint density at radius 1 is 1.38 bits per heavy atom. The molecule has 7 heteroatoms. The van der Waals surface area contributed by atoms with Gasteiger partial charge in [0, 0.05) is 29.3 Å². The third-order valence-electron chi connectivity index (χ3n) is 3.67. The summed E-state index contributed by atoms with van der Waals surface area (Å²) in [6.07, 6.45) is 0.787.